The van der Waals surface area contributed by atoms with Crippen LogP contribution in [0.1, 0.15) is 60.1 Å². The molecule has 1 saturated heterocycles. The van der Waals surface area contributed by atoms with Gasteiger partial charge in [0.15, 0.2) is 0 Å². The van der Waals surface area contributed by atoms with Crippen molar-refractivity contribution < 1.29 is 24.2 Å². The molecule has 1 aromatic carbocycles. The number of nitrogens with one attached hydrogen (secondary N) is 2. The van der Waals surface area contributed by atoms with Gasteiger partial charge in [-0.2, -0.15) is 0 Å². The summed E-state index contributed by atoms with van der Waals surface area (Å²) in [5, 5.41) is 13.6. The van der Waals surface area contributed by atoms with E-state index in [0.717, 1.165) is 16.5 Å². The molecule has 3 N–H and O–H groups in total. The van der Waals surface area contributed by atoms with Gasteiger partial charge in [-0.1, -0.05) is 39.0 Å². The van der Waals surface area contributed by atoms with E-state index in [1.165, 1.54) is 4.90 Å². The first-order valence-electron chi connectivity index (χ1n) is 11.7. The number of carboxylic acid groups (broad SMARTS) is 1. The van der Waals surface area contributed by atoms with Crippen molar-refractivity contribution in [2.45, 2.75) is 79.0 Å². The summed E-state index contributed by atoms with van der Waals surface area (Å²) in [5.41, 5.74) is -0.351. The van der Waals surface area contributed by atoms with Crippen LogP contribution >= 0.6 is 0 Å². The number of benzene rings is 1. The van der Waals surface area contributed by atoms with Crippen molar-refractivity contribution in [3.05, 3.63) is 46.4 Å². The van der Waals surface area contributed by atoms with Gasteiger partial charge in [0.2, 0.25) is 5.91 Å². The lowest BCUT2D eigenvalue weighted by Crippen LogP contribution is -2.57. The van der Waals surface area contributed by atoms with Crippen molar-refractivity contribution in [3.8, 4) is 0 Å². The van der Waals surface area contributed by atoms with Gasteiger partial charge in [0.05, 0.1) is 0 Å². The zero-order valence-corrected chi connectivity index (χ0v) is 21.6. The van der Waals surface area contributed by atoms with E-state index in [0.29, 0.717) is 19.4 Å². The molecule has 2 amide bonds. The van der Waals surface area contributed by atoms with Gasteiger partial charge >= 0.3 is 12.1 Å². The number of rotatable bonds is 3. The highest BCUT2D eigenvalue weighted by Gasteiger charge is 2.42. The number of carbonyl (C=O) groups is 3. The largest absolute Gasteiger partial charge is 0.480 e. The molecule has 9 nitrogen and oxygen atoms in total. The molecule has 0 bridgehead atoms. The van der Waals surface area contributed by atoms with Crippen LogP contribution in [0.5, 0.6) is 0 Å². The molecule has 9 heteroatoms. The van der Waals surface area contributed by atoms with Crippen LogP contribution in [-0.4, -0.2) is 57.2 Å². The highest BCUT2D eigenvalue weighted by molar-refractivity contribution is 5.90. The number of likely N-dealkylation sites (tertiary alicyclic amines) is 1. The maximum absolute atomic E-state index is 12.8. The minimum absolute atomic E-state index is 0.00870. The number of carbonyl (C=O) groups excluding carboxylic acids is 2. The number of amides is 2. The van der Waals surface area contributed by atoms with Crippen LogP contribution in [0.2, 0.25) is 0 Å². The maximum atomic E-state index is 12.8. The average molecular weight is 488 g/mol. The molecule has 2 heterocycles. The molecule has 1 unspecified atom stereocenters. The number of fused-ring (bicyclic) bond motifs is 1. The lowest BCUT2D eigenvalue weighted by Gasteiger charge is -2.35. The Hall–Kier alpha value is -3.36. The second kappa shape index (κ2) is 10.9. The number of alkyl carbamates (subject to hydrolysis) is 1. The molecular formula is C26H37N3O6. The maximum Gasteiger partial charge on any atom is 0.408 e. The monoisotopic (exact) mass is 487 g/mol. The molecular weight excluding hydrogens is 450 g/mol. The summed E-state index contributed by atoms with van der Waals surface area (Å²) in [5.74, 6) is -1.39. The van der Waals surface area contributed by atoms with Crippen LogP contribution in [0.4, 0.5) is 4.79 Å². The normalized spacial score (nSPS) is 16.8. The van der Waals surface area contributed by atoms with Crippen molar-refractivity contribution in [1.82, 2.24) is 15.2 Å². The molecule has 0 aliphatic carbocycles. The molecule has 1 aliphatic rings. The smallest absolute Gasteiger partial charge is 0.408 e. The van der Waals surface area contributed by atoms with Gasteiger partial charge in [-0.15, -0.1) is 0 Å². The second-order valence-electron chi connectivity index (χ2n) is 10.8. The number of hydrogen-bond acceptors (Lipinski definition) is 5. The van der Waals surface area contributed by atoms with Crippen LogP contribution in [0.25, 0.3) is 10.8 Å². The van der Waals surface area contributed by atoms with Crippen molar-refractivity contribution in [2.75, 3.05) is 6.54 Å². The van der Waals surface area contributed by atoms with Crippen LogP contribution < -0.4 is 10.9 Å². The van der Waals surface area contributed by atoms with Gasteiger partial charge < -0.3 is 25.0 Å². The number of aromatic nitrogens is 1. The summed E-state index contributed by atoms with van der Waals surface area (Å²) >= 11 is 0. The van der Waals surface area contributed by atoms with E-state index < -0.39 is 35.2 Å². The lowest BCUT2D eigenvalue weighted by molar-refractivity contribution is -0.150. The number of hydrogen-bond donors (Lipinski definition) is 3. The Bertz CT molecular complexity index is 1130. The van der Waals surface area contributed by atoms with Crippen LogP contribution in [0.15, 0.2) is 35.1 Å². The Kier molecular flexibility index (Phi) is 8.70. The summed E-state index contributed by atoms with van der Waals surface area (Å²) in [6, 6.07) is 7.86. The minimum atomic E-state index is -1.01. The molecule has 2 atom stereocenters. The van der Waals surface area contributed by atoms with Crippen molar-refractivity contribution >= 4 is 28.7 Å². The summed E-state index contributed by atoms with van der Waals surface area (Å²) in [7, 11) is 0. The number of pyridine rings is 1. The van der Waals surface area contributed by atoms with Gasteiger partial charge in [-0.25, -0.2) is 9.59 Å². The predicted octanol–water partition coefficient (Wildman–Crippen LogP) is 3.84. The third kappa shape index (κ3) is 7.83. The molecule has 0 saturated carbocycles. The van der Waals surface area contributed by atoms with E-state index in [1.54, 1.807) is 20.8 Å². The van der Waals surface area contributed by atoms with Gasteiger partial charge in [0.1, 0.15) is 17.7 Å². The Morgan fingerprint density at radius 1 is 1.14 bits per heavy atom. The number of ether oxygens (including phenoxy) is 1. The molecule has 0 radical (unpaired) electrons. The van der Waals surface area contributed by atoms with Crippen molar-refractivity contribution in [1.29, 1.82) is 0 Å². The number of carboxylic acids is 1. The fourth-order valence-electron chi connectivity index (χ4n) is 3.87. The minimum Gasteiger partial charge on any atom is -0.480 e. The highest BCUT2D eigenvalue weighted by atomic mass is 16.6. The Morgan fingerprint density at radius 3 is 2.34 bits per heavy atom. The van der Waals surface area contributed by atoms with Gasteiger partial charge in [0, 0.05) is 17.6 Å². The number of aromatic amines is 1. The summed E-state index contributed by atoms with van der Waals surface area (Å²) in [6.07, 6.45) is 0.396. The first kappa shape index (κ1) is 27.9. The number of aryl methyl sites for hydroxylation is 1. The third-order valence-electron chi connectivity index (χ3n) is 5.48. The summed E-state index contributed by atoms with van der Waals surface area (Å²) in [6.45, 7) is 12.9. The quantitative estimate of drug-likeness (QED) is 0.603. The van der Waals surface area contributed by atoms with Gasteiger partial charge in [-0.3, -0.25) is 9.59 Å². The molecule has 192 valence electrons. The first-order chi connectivity index (χ1) is 16.1. The number of H-pyrrole nitrogens is 1. The van der Waals surface area contributed by atoms with Gasteiger partial charge in [-0.05, 0) is 63.5 Å². The van der Waals surface area contributed by atoms with E-state index in [9.17, 15) is 24.3 Å². The van der Waals surface area contributed by atoms with E-state index in [4.69, 9.17) is 4.74 Å². The number of aliphatic carboxylic acids is 1. The zero-order valence-electron chi connectivity index (χ0n) is 21.6. The second-order valence-corrected chi connectivity index (χ2v) is 10.8. The molecule has 35 heavy (non-hydrogen) atoms. The highest BCUT2D eigenvalue weighted by Crippen LogP contribution is 2.26. The van der Waals surface area contributed by atoms with Crippen LogP contribution in [0, 0.1) is 12.3 Å². The van der Waals surface area contributed by atoms with E-state index in [-0.39, 0.29) is 11.5 Å². The van der Waals surface area contributed by atoms with E-state index >= 15 is 0 Å². The lowest BCUT2D eigenvalue weighted by atomic mass is 9.85. The molecule has 1 fully saturated rings. The molecule has 3 rings (SSSR count). The molecule has 1 aromatic heterocycles. The van der Waals surface area contributed by atoms with Crippen LogP contribution in [-0.2, 0) is 14.3 Å². The van der Waals surface area contributed by atoms with E-state index in [1.807, 2.05) is 58.0 Å². The zero-order chi connectivity index (χ0) is 26.6. The standard InChI is InChI=1S/C16H28N2O5.C10H9NO/c1-15(2,3)11(17-14(22)23-16(4,5)6)12(19)18-9-7-8-10(18)13(20)21;1-7-6-8-4-2-3-5-9(8)10(12)11-7/h10-11H,7-9H2,1-6H3,(H,17,22)(H,20,21);2-6H,1H3,(H,11,12)/t10?,11-;/m1./s1. The average Bonchev–Trinajstić information content (AvgIpc) is 3.20. The Balaban J connectivity index is 0.000000298. The fraction of sp³-hybridized carbons (Fsp3) is 0.538. The number of nitrogens with zero attached hydrogens (tertiary/aromatic N) is 1. The first-order valence-corrected chi connectivity index (χ1v) is 11.7. The van der Waals surface area contributed by atoms with Crippen molar-refractivity contribution in [3.63, 3.8) is 0 Å². The predicted molar refractivity (Wildman–Crippen MR) is 134 cm³/mol. The fourth-order valence-corrected chi connectivity index (χ4v) is 3.87. The van der Waals surface area contributed by atoms with Gasteiger partial charge in [0.25, 0.3) is 5.56 Å². The molecule has 1 aliphatic heterocycles. The third-order valence-corrected chi connectivity index (χ3v) is 5.48. The molecule has 0 spiro atoms. The Labute approximate surface area is 205 Å². The summed E-state index contributed by atoms with van der Waals surface area (Å²) < 4.78 is 5.21. The SMILES string of the molecule is CC(C)(C)OC(=O)N[C@H](C(=O)N1CCCC1C(=O)O)C(C)(C)C.Cc1cc2ccccc2c(=O)[nH]1. The van der Waals surface area contributed by atoms with Crippen LogP contribution in [0.3, 0.4) is 0 Å². The topological polar surface area (TPSA) is 129 Å². The summed E-state index contributed by atoms with van der Waals surface area (Å²) in [4.78, 5) is 51.6. The van der Waals surface area contributed by atoms with Crippen molar-refractivity contribution in [2.24, 2.45) is 5.41 Å². The van der Waals surface area contributed by atoms with E-state index in [2.05, 4.69) is 10.3 Å². The Morgan fingerprint density at radius 2 is 1.77 bits per heavy atom. The molecule has 2 aromatic rings.